The molecule has 1 amide bonds. The van der Waals surface area contributed by atoms with Crippen LogP contribution >= 0.6 is 15.9 Å². The summed E-state index contributed by atoms with van der Waals surface area (Å²) >= 11 is 3.20. The van der Waals surface area contributed by atoms with Gasteiger partial charge in [0, 0.05) is 24.1 Å². The number of sulfonamides is 1. The van der Waals surface area contributed by atoms with E-state index in [0.717, 1.165) is 0 Å². The molecule has 32 heavy (non-hydrogen) atoms. The summed E-state index contributed by atoms with van der Waals surface area (Å²) in [6, 6.07) is 8.38. The molecule has 0 radical (unpaired) electrons. The minimum atomic E-state index is -4.39. The zero-order valence-electron chi connectivity index (χ0n) is 17.0. The molecule has 4 rings (SSSR count). The highest BCUT2D eigenvalue weighted by molar-refractivity contribution is 9.10. The molecule has 0 aliphatic heterocycles. The molecule has 0 spiro atoms. The molecule has 0 unspecified atom stereocenters. The fourth-order valence-corrected chi connectivity index (χ4v) is 5.42. The summed E-state index contributed by atoms with van der Waals surface area (Å²) in [5.41, 5.74) is 0.207. The zero-order valence-corrected chi connectivity index (χ0v) is 19.4. The highest BCUT2D eigenvalue weighted by Crippen LogP contribution is 2.30. The zero-order chi connectivity index (χ0) is 23.4. The van der Waals surface area contributed by atoms with Crippen LogP contribution in [0.25, 0.3) is 22.3 Å². The number of imidazole rings is 1. The van der Waals surface area contributed by atoms with Crippen LogP contribution in [0.4, 0.5) is 4.39 Å². The summed E-state index contributed by atoms with van der Waals surface area (Å²) in [4.78, 5) is 24.9. The summed E-state index contributed by atoms with van der Waals surface area (Å²) in [7, 11) is -1.32. The van der Waals surface area contributed by atoms with Gasteiger partial charge >= 0.3 is 5.69 Å². The van der Waals surface area contributed by atoms with Crippen LogP contribution in [0, 0.1) is 12.7 Å². The van der Waals surface area contributed by atoms with E-state index >= 15 is 0 Å². The number of rotatable bonds is 4. The largest absolute Gasteiger partial charge is 0.360 e. The van der Waals surface area contributed by atoms with Gasteiger partial charge in [0.2, 0.25) is 0 Å². The van der Waals surface area contributed by atoms with E-state index in [0.29, 0.717) is 11.0 Å². The van der Waals surface area contributed by atoms with E-state index in [1.165, 1.54) is 53.4 Å². The molecule has 0 saturated heterocycles. The number of carbonyl (C=O) groups excluding carboxylic acids is 1. The number of fused-ring (bicyclic) bond motifs is 1. The number of hydrogen-bond acceptors (Lipinski definition) is 6. The van der Waals surface area contributed by atoms with Crippen LogP contribution < -0.4 is 10.4 Å². The molecule has 0 fully saturated rings. The molecule has 2 aromatic heterocycles. The van der Waals surface area contributed by atoms with Gasteiger partial charge in [-0.15, -0.1) is 0 Å². The van der Waals surface area contributed by atoms with Crippen molar-refractivity contribution in [2.45, 2.75) is 11.8 Å². The Morgan fingerprint density at radius 1 is 1.16 bits per heavy atom. The molecular formula is C20H16BrFN4O5S. The first-order valence-corrected chi connectivity index (χ1v) is 11.4. The molecule has 0 bridgehead atoms. The Labute approximate surface area is 189 Å². The quantitative estimate of drug-likeness (QED) is 0.440. The Hall–Kier alpha value is -3.25. The first kappa shape index (κ1) is 22.0. The molecule has 1 N–H and O–H groups in total. The minimum absolute atomic E-state index is 0.00576. The number of nitrogens with zero attached hydrogens (tertiary/aromatic N) is 3. The van der Waals surface area contributed by atoms with E-state index in [-0.39, 0.29) is 37.6 Å². The van der Waals surface area contributed by atoms with Gasteiger partial charge in [-0.2, -0.15) is 0 Å². The normalized spacial score (nSPS) is 11.8. The predicted molar refractivity (Wildman–Crippen MR) is 117 cm³/mol. The second kappa shape index (κ2) is 7.71. The number of halogens is 2. The van der Waals surface area contributed by atoms with Gasteiger partial charge in [0.25, 0.3) is 15.9 Å². The topological polar surface area (TPSA) is 116 Å². The summed E-state index contributed by atoms with van der Waals surface area (Å²) in [5.74, 6) is -1.65. The summed E-state index contributed by atoms with van der Waals surface area (Å²) < 4.78 is 50.2. The first-order valence-electron chi connectivity index (χ1n) is 9.16. The van der Waals surface area contributed by atoms with E-state index < -0.39 is 21.7 Å². The van der Waals surface area contributed by atoms with Crippen LogP contribution in [-0.4, -0.2) is 28.6 Å². The molecular weight excluding hydrogens is 507 g/mol. The third-order valence-electron chi connectivity index (χ3n) is 5.06. The van der Waals surface area contributed by atoms with Gasteiger partial charge in [0.1, 0.15) is 27.7 Å². The number of nitrogens with one attached hydrogen (secondary N) is 1. The molecule has 0 aliphatic carbocycles. The third-order valence-corrected chi connectivity index (χ3v) is 7.35. The Morgan fingerprint density at radius 3 is 2.44 bits per heavy atom. The SMILES string of the molecule is Cc1onc(-c2ccccc2F)c1C(=O)NS(=O)(=O)c1cc2c(cc1Br)n(C)c(=O)n2C. The number of carbonyl (C=O) groups is 1. The van der Waals surface area contributed by atoms with Crippen molar-refractivity contribution in [1.82, 2.24) is 19.0 Å². The highest BCUT2D eigenvalue weighted by atomic mass is 79.9. The van der Waals surface area contributed by atoms with Crippen molar-refractivity contribution in [3.05, 3.63) is 68.5 Å². The van der Waals surface area contributed by atoms with E-state index in [1.54, 1.807) is 13.1 Å². The second-order valence-corrected chi connectivity index (χ2v) is 9.55. The Kier molecular flexibility index (Phi) is 5.29. The van der Waals surface area contributed by atoms with Crippen molar-refractivity contribution < 1.29 is 22.1 Å². The predicted octanol–water partition coefficient (Wildman–Crippen LogP) is 2.86. The average Bonchev–Trinajstić information content (AvgIpc) is 3.21. The lowest BCUT2D eigenvalue weighted by atomic mass is 10.1. The number of amides is 1. The smallest absolute Gasteiger partial charge is 0.328 e. The number of aromatic nitrogens is 3. The molecule has 0 saturated carbocycles. The van der Waals surface area contributed by atoms with Crippen LogP contribution in [-0.2, 0) is 24.1 Å². The second-order valence-electron chi connectivity index (χ2n) is 7.05. The molecule has 9 nitrogen and oxygen atoms in total. The summed E-state index contributed by atoms with van der Waals surface area (Å²) in [5, 5.41) is 3.73. The average molecular weight is 523 g/mol. The molecule has 166 valence electrons. The van der Waals surface area contributed by atoms with Gasteiger partial charge in [-0.05, 0) is 47.1 Å². The summed E-state index contributed by atoms with van der Waals surface area (Å²) in [6.45, 7) is 1.42. The van der Waals surface area contributed by atoms with E-state index in [4.69, 9.17) is 4.52 Å². The van der Waals surface area contributed by atoms with Crippen molar-refractivity contribution in [2.75, 3.05) is 0 Å². The Balaban J connectivity index is 1.78. The van der Waals surface area contributed by atoms with Crippen molar-refractivity contribution in [3.63, 3.8) is 0 Å². The maximum atomic E-state index is 14.2. The van der Waals surface area contributed by atoms with Crippen molar-refractivity contribution in [3.8, 4) is 11.3 Å². The van der Waals surface area contributed by atoms with Crippen LogP contribution in [0.5, 0.6) is 0 Å². The van der Waals surface area contributed by atoms with E-state index in [1.807, 2.05) is 4.72 Å². The van der Waals surface area contributed by atoms with Crippen molar-refractivity contribution in [1.29, 1.82) is 0 Å². The lowest BCUT2D eigenvalue weighted by Crippen LogP contribution is -2.31. The molecule has 0 atom stereocenters. The minimum Gasteiger partial charge on any atom is -0.360 e. The van der Waals surface area contributed by atoms with Gasteiger partial charge in [-0.3, -0.25) is 13.9 Å². The van der Waals surface area contributed by atoms with Crippen molar-refractivity contribution in [2.24, 2.45) is 14.1 Å². The number of aryl methyl sites for hydroxylation is 3. The number of hydrogen-bond donors (Lipinski definition) is 1. The molecule has 12 heteroatoms. The molecule has 0 aliphatic rings. The standard InChI is InChI=1S/C20H16BrFN4O5S/c1-10-17(18(23-31-10)11-6-4-5-7-13(11)22)19(27)24-32(29,30)16-9-15-14(8-12(16)21)25(2)20(28)26(15)3/h4-9H,1-3H3,(H,24,27). The van der Waals surface area contributed by atoms with E-state index in [9.17, 15) is 22.4 Å². The lowest BCUT2D eigenvalue weighted by Gasteiger charge is -2.10. The molecule has 2 heterocycles. The molecule has 2 aromatic carbocycles. The fourth-order valence-electron chi connectivity index (χ4n) is 3.41. The lowest BCUT2D eigenvalue weighted by molar-refractivity contribution is 0.0980. The van der Waals surface area contributed by atoms with Gasteiger partial charge in [-0.1, -0.05) is 17.3 Å². The Morgan fingerprint density at radius 2 is 1.78 bits per heavy atom. The van der Waals surface area contributed by atoms with Crippen LogP contribution in [0.1, 0.15) is 16.1 Å². The fraction of sp³-hybridized carbons (Fsp3) is 0.150. The summed E-state index contributed by atoms with van der Waals surface area (Å²) in [6.07, 6.45) is 0. The highest BCUT2D eigenvalue weighted by Gasteiger charge is 2.29. The molecule has 4 aromatic rings. The van der Waals surface area contributed by atoms with Crippen LogP contribution in [0.2, 0.25) is 0 Å². The van der Waals surface area contributed by atoms with Crippen LogP contribution in [0.15, 0.2) is 55.1 Å². The number of benzene rings is 2. The van der Waals surface area contributed by atoms with Crippen LogP contribution in [0.3, 0.4) is 0 Å². The maximum absolute atomic E-state index is 14.2. The first-order chi connectivity index (χ1) is 15.0. The monoisotopic (exact) mass is 522 g/mol. The Bertz CT molecular complexity index is 1570. The third kappa shape index (κ3) is 3.45. The van der Waals surface area contributed by atoms with Gasteiger partial charge in [-0.25, -0.2) is 22.3 Å². The van der Waals surface area contributed by atoms with Crippen molar-refractivity contribution >= 4 is 42.9 Å². The van der Waals surface area contributed by atoms with Gasteiger partial charge in [0.05, 0.1) is 11.0 Å². The van der Waals surface area contributed by atoms with E-state index in [2.05, 4.69) is 21.1 Å². The van der Waals surface area contributed by atoms with Gasteiger partial charge < -0.3 is 4.52 Å². The maximum Gasteiger partial charge on any atom is 0.328 e. The van der Waals surface area contributed by atoms with Gasteiger partial charge in [0.15, 0.2) is 0 Å².